The third kappa shape index (κ3) is 2.33. The molecule has 0 radical (unpaired) electrons. The molecule has 0 amide bonds. The van der Waals surface area contributed by atoms with Gasteiger partial charge in [0.2, 0.25) is 0 Å². The van der Waals surface area contributed by atoms with Gasteiger partial charge in [-0.25, -0.2) is 0 Å². The number of aryl methyl sites for hydroxylation is 2. The number of aliphatic hydroxyl groups is 1. The molecule has 1 atom stereocenters. The van der Waals surface area contributed by atoms with E-state index in [4.69, 9.17) is 11.6 Å². The number of nitrogens with zero attached hydrogens (tertiary/aromatic N) is 3. The number of aromatic nitrogens is 3. The summed E-state index contributed by atoms with van der Waals surface area (Å²) in [5, 5.41) is 14.9. The normalized spacial score (nSPS) is 12.7. The molecule has 2 aromatic rings. The standard InChI is InChI=1S/C12H14ClN3O/c1-3-16-11(10(13)7-15-16)12(17)9-5-4-8(2)14-6-9/h4-7,12,17H,3H2,1-2H3. The molecule has 2 heterocycles. The van der Waals surface area contributed by atoms with Crippen molar-refractivity contribution in [1.29, 1.82) is 0 Å². The van der Waals surface area contributed by atoms with Crippen molar-refractivity contribution in [3.05, 3.63) is 46.5 Å². The quantitative estimate of drug-likeness (QED) is 0.911. The Labute approximate surface area is 105 Å². The maximum atomic E-state index is 10.3. The van der Waals surface area contributed by atoms with Gasteiger partial charge in [-0.15, -0.1) is 0 Å². The number of pyridine rings is 1. The lowest BCUT2D eigenvalue weighted by atomic mass is 10.1. The summed E-state index contributed by atoms with van der Waals surface area (Å²) in [5.41, 5.74) is 2.24. The Morgan fingerprint density at radius 1 is 1.41 bits per heavy atom. The monoisotopic (exact) mass is 251 g/mol. The first-order valence-electron chi connectivity index (χ1n) is 5.45. The molecule has 0 aliphatic heterocycles. The molecule has 17 heavy (non-hydrogen) atoms. The lowest BCUT2D eigenvalue weighted by molar-refractivity contribution is 0.207. The first kappa shape index (κ1) is 12.1. The van der Waals surface area contributed by atoms with Crippen LogP contribution < -0.4 is 0 Å². The average Bonchev–Trinajstić information content (AvgIpc) is 2.70. The van der Waals surface area contributed by atoms with E-state index < -0.39 is 6.10 Å². The van der Waals surface area contributed by atoms with Gasteiger partial charge in [-0.3, -0.25) is 9.67 Å². The summed E-state index contributed by atoms with van der Waals surface area (Å²) in [4.78, 5) is 4.16. The van der Waals surface area contributed by atoms with Crippen molar-refractivity contribution in [2.24, 2.45) is 0 Å². The van der Waals surface area contributed by atoms with E-state index in [2.05, 4.69) is 10.1 Å². The molecular formula is C12H14ClN3O. The summed E-state index contributed by atoms with van der Waals surface area (Å²) >= 11 is 6.04. The van der Waals surface area contributed by atoms with Gasteiger partial charge < -0.3 is 5.11 Å². The summed E-state index contributed by atoms with van der Waals surface area (Å²) in [6.45, 7) is 4.52. The second kappa shape index (κ2) is 4.85. The van der Waals surface area contributed by atoms with Crippen molar-refractivity contribution in [2.45, 2.75) is 26.5 Å². The van der Waals surface area contributed by atoms with Crippen LogP contribution in [-0.2, 0) is 6.54 Å². The van der Waals surface area contributed by atoms with Crippen LogP contribution in [0.4, 0.5) is 0 Å². The van der Waals surface area contributed by atoms with Crippen LogP contribution in [0, 0.1) is 6.92 Å². The predicted octanol–water partition coefficient (Wildman–Crippen LogP) is 2.34. The summed E-state index contributed by atoms with van der Waals surface area (Å²) in [6, 6.07) is 3.70. The zero-order valence-electron chi connectivity index (χ0n) is 9.76. The average molecular weight is 252 g/mol. The Morgan fingerprint density at radius 2 is 2.18 bits per heavy atom. The van der Waals surface area contributed by atoms with E-state index in [1.165, 1.54) is 0 Å². The maximum absolute atomic E-state index is 10.3. The van der Waals surface area contributed by atoms with Crippen LogP contribution in [-0.4, -0.2) is 19.9 Å². The lowest BCUT2D eigenvalue weighted by Gasteiger charge is -2.13. The van der Waals surface area contributed by atoms with Gasteiger partial charge in [0.25, 0.3) is 0 Å². The van der Waals surface area contributed by atoms with Gasteiger partial charge in [-0.2, -0.15) is 5.10 Å². The van der Waals surface area contributed by atoms with Gasteiger partial charge in [-0.05, 0) is 19.9 Å². The third-order valence-corrected chi connectivity index (χ3v) is 2.93. The Balaban J connectivity index is 2.39. The van der Waals surface area contributed by atoms with Gasteiger partial charge in [0.1, 0.15) is 6.10 Å². The zero-order valence-corrected chi connectivity index (χ0v) is 10.5. The van der Waals surface area contributed by atoms with Gasteiger partial charge >= 0.3 is 0 Å². The van der Waals surface area contributed by atoms with Crippen LogP contribution in [0.15, 0.2) is 24.5 Å². The Kier molecular flexibility index (Phi) is 3.45. The van der Waals surface area contributed by atoms with E-state index in [1.807, 2.05) is 26.0 Å². The summed E-state index contributed by atoms with van der Waals surface area (Å²) < 4.78 is 1.69. The second-order valence-electron chi connectivity index (χ2n) is 3.83. The largest absolute Gasteiger partial charge is 0.382 e. The van der Waals surface area contributed by atoms with Gasteiger partial charge in [0, 0.05) is 24.0 Å². The molecule has 0 fully saturated rings. The van der Waals surface area contributed by atoms with Crippen molar-refractivity contribution in [3.63, 3.8) is 0 Å². The topological polar surface area (TPSA) is 50.9 Å². The minimum atomic E-state index is -0.793. The Morgan fingerprint density at radius 3 is 2.76 bits per heavy atom. The summed E-state index contributed by atoms with van der Waals surface area (Å²) in [5.74, 6) is 0. The van der Waals surface area contributed by atoms with E-state index in [0.29, 0.717) is 22.8 Å². The maximum Gasteiger partial charge on any atom is 0.124 e. The third-order valence-electron chi connectivity index (χ3n) is 2.64. The Bertz CT molecular complexity index is 507. The van der Waals surface area contributed by atoms with Crippen molar-refractivity contribution < 1.29 is 5.11 Å². The number of hydrogen-bond donors (Lipinski definition) is 1. The van der Waals surface area contributed by atoms with Crippen molar-refractivity contribution in [2.75, 3.05) is 0 Å². The van der Waals surface area contributed by atoms with Crippen LogP contribution in [0.1, 0.15) is 30.0 Å². The number of hydrogen-bond acceptors (Lipinski definition) is 3. The van der Waals surface area contributed by atoms with E-state index in [0.717, 1.165) is 5.69 Å². The van der Waals surface area contributed by atoms with Crippen LogP contribution >= 0.6 is 11.6 Å². The highest BCUT2D eigenvalue weighted by molar-refractivity contribution is 6.31. The summed E-state index contributed by atoms with van der Waals surface area (Å²) in [6.07, 6.45) is 2.41. The van der Waals surface area contributed by atoms with Crippen LogP contribution in [0.25, 0.3) is 0 Å². The highest BCUT2D eigenvalue weighted by Gasteiger charge is 2.19. The molecule has 0 aliphatic carbocycles. The highest BCUT2D eigenvalue weighted by atomic mass is 35.5. The van der Waals surface area contributed by atoms with Crippen molar-refractivity contribution in [3.8, 4) is 0 Å². The SMILES string of the molecule is CCn1ncc(Cl)c1C(O)c1ccc(C)nc1. The van der Waals surface area contributed by atoms with E-state index >= 15 is 0 Å². The molecule has 0 saturated carbocycles. The fourth-order valence-corrected chi connectivity index (χ4v) is 1.94. The summed E-state index contributed by atoms with van der Waals surface area (Å²) in [7, 11) is 0. The lowest BCUT2D eigenvalue weighted by Crippen LogP contribution is -2.09. The molecule has 0 aromatic carbocycles. The van der Waals surface area contributed by atoms with Gasteiger partial charge in [0.15, 0.2) is 0 Å². The first-order chi connectivity index (χ1) is 8.13. The fraction of sp³-hybridized carbons (Fsp3) is 0.333. The minimum Gasteiger partial charge on any atom is -0.382 e. The van der Waals surface area contributed by atoms with Gasteiger partial charge in [0.05, 0.1) is 16.9 Å². The Hall–Kier alpha value is -1.39. The molecule has 2 aromatic heterocycles. The molecular weight excluding hydrogens is 238 g/mol. The molecule has 1 N–H and O–H groups in total. The molecule has 0 saturated heterocycles. The molecule has 0 aliphatic rings. The number of rotatable bonds is 3. The first-order valence-corrected chi connectivity index (χ1v) is 5.83. The highest BCUT2D eigenvalue weighted by Crippen LogP contribution is 2.27. The predicted molar refractivity (Wildman–Crippen MR) is 65.9 cm³/mol. The molecule has 90 valence electrons. The van der Waals surface area contributed by atoms with E-state index in [-0.39, 0.29) is 0 Å². The van der Waals surface area contributed by atoms with Crippen LogP contribution in [0.5, 0.6) is 0 Å². The minimum absolute atomic E-state index is 0.472. The van der Waals surface area contributed by atoms with Gasteiger partial charge in [-0.1, -0.05) is 17.7 Å². The molecule has 1 unspecified atom stereocenters. The molecule has 2 rings (SSSR count). The zero-order chi connectivity index (χ0) is 12.4. The van der Waals surface area contributed by atoms with Crippen LogP contribution in [0.3, 0.4) is 0 Å². The van der Waals surface area contributed by atoms with Crippen molar-refractivity contribution >= 4 is 11.6 Å². The molecule has 0 bridgehead atoms. The number of aliphatic hydroxyl groups excluding tert-OH is 1. The number of halogens is 1. The molecule has 5 heteroatoms. The molecule has 4 nitrogen and oxygen atoms in total. The second-order valence-corrected chi connectivity index (χ2v) is 4.24. The van der Waals surface area contributed by atoms with Crippen LogP contribution in [0.2, 0.25) is 5.02 Å². The van der Waals surface area contributed by atoms with E-state index in [1.54, 1.807) is 17.1 Å². The smallest absolute Gasteiger partial charge is 0.124 e. The van der Waals surface area contributed by atoms with E-state index in [9.17, 15) is 5.11 Å². The molecule has 0 spiro atoms. The van der Waals surface area contributed by atoms with Crippen molar-refractivity contribution in [1.82, 2.24) is 14.8 Å². The fourth-order valence-electron chi connectivity index (χ4n) is 1.69.